The second kappa shape index (κ2) is 5.18. The largest absolute Gasteiger partial charge is 0.368 e. The van der Waals surface area contributed by atoms with Crippen molar-refractivity contribution in [2.24, 2.45) is 0 Å². The summed E-state index contributed by atoms with van der Waals surface area (Å²) < 4.78 is 1.09. The van der Waals surface area contributed by atoms with E-state index < -0.39 is 0 Å². The Morgan fingerprint density at radius 2 is 2.00 bits per heavy atom. The molecule has 0 amide bonds. The van der Waals surface area contributed by atoms with E-state index in [1.54, 1.807) is 6.20 Å². The highest BCUT2D eigenvalue weighted by molar-refractivity contribution is 9.10. The van der Waals surface area contributed by atoms with E-state index >= 15 is 0 Å². The van der Waals surface area contributed by atoms with Crippen LogP contribution < -0.4 is 5.73 Å². The number of pyridine rings is 1. The molecular weight excluding hydrogens is 340 g/mol. The molecule has 108 valence electrons. The number of nitrogens with zero attached hydrogens (tertiary/aromatic N) is 3. The predicted molar refractivity (Wildman–Crippen MR) is 90.2 cm³/mol. The van der Waals surface area contributed by atoms with Gasteiger partial charge in [0.15, 0.2) is 0 Å². The lowest BCUT2D eigenvalue weighted by Gasteiger charge is -2.22. The van der Waals surface area contributed by atoms with Crippen molar-refractivity contribution in [3.63, 3.8) is 0 Å². The maximum atomic E-state index is 5.91. The number of aromatic nitrogens is 3. The second-order valence-corrected chi connectivity index (χ2v) is 6.21. The van der Waals surface area contributed by atoms with Crippen LogP contribution in [0.2, 0.25) is 0 Å². The number of halogens is 1. The predicted octanol–water partition coefficient (Wildman–Crippen LogP) is 3.65. The highest BCUT2D eigenvalue weighted by atomic mass is 79.9. The molecule has 0 aliphatic heterocycles. The van der Waals surface area contributed by atoms with Crippen LogP contribution in [0.25, 0.3) is 22.4 Å². The highest BCUT2D eigenvalue weighted by Gasteiger charge is 2.23. The molecule has 0 atom stereocenters. The van der Waals surface area contributed by atoms with Gasteiger partial charge in [0.2, 0.25) is 5.95 Å². The zero-order valence-corrected chi connectivity index (χ0v) is 13.3. The Morgan fingerprint density at radius 1 is 1.09 bits per heavy atom. The molecule has 0 radical (unpaired) electrons. The maximum Gasteiger partial charge on any atom is 0.220 e. The van der Waals surface area contributed by atoms with Gasteiger partial charge in [-0.25, -0.2) is 9.97 Å². The third-order valence-electron chi connectivity index (χ3n) is 3.90. The smallest absolute Gasteiger partial charge is 0.220 e. The van der Waals surface area contributed by atoms with Gasteiger partial charge in [-0.1, -0.05) is 22.0 Å². The van der Waals surface area contributed by atoms with Crippen molar-refractivity contribution < 1.29 is 0 Å². The molecule has 1 aliphatic carbocycles. The Labute approximate surface area is 136 Å². The fraction of sp³-hybridized carbons (Fsp3) is 0.118. The molecule has 4 rings (SSSR count). The number of hydrogen-bond donors (Lipinski definition) is 1. The van der Waals surface area contributed by atoms with E-state index in [2.05, 4.69) is 49.1 Å². The quantitative estimate of drug-likeness (QED) is 0.725. The summed E-state index contributed by atoms with van der Waals surface area (Å²) >= 11 is 3.54. The molecule has 1 aliphatic rings. The maximum absolute atomic E-state index is 5.91. The molecule has 5 heteroatoms. The average molecular weight is 353 g/mol. The van der Waals surface area contributed by atoms with Gasteiger partial charge < -0.3 is 5.73 Å². The molecule has 0 unspecified atom stereocenters. The number of benzene rings is 1. The molecular formula is C17H13BrN4. The lowest BCUT2D eigenvalue weighted by Crippen LogP contribution is -2.11. The molecule has 1 aromatic carbocycles. The van der Waals surface area contributed by atoms with E-state index in [4.69, 9.17) is 5.73 Å². The van der Waals surface area contributed by atoms with Gasteiger partial charge in [0.1, 0.15) is 0 Å². The van der Waals surface area contributed by atoms with Gasteiger partial charge in [-0.2, -0.15) is 0 Å². The third kappa shape index (κ3) is 2.18. The number of fused-ring (bicyclic) bond motifs is 3. The molecule has 4 nitrogen and oxygen atoms in total. The van der Waals surface area contributed by atoms with Crippen LogP contribution in [-0.2, 0) is 12.8 Å². The Bertz CT molecular complexity index is 862. The van der Waals surface area contributed by atoms with Crippen LogP contribution >= 0.6 is 15.9 Å². The molecule has 3 aromatic rings. The Kier molecular flexibility index (Phi) is 3.15. The first kappa shape index (κ1) is 13.4. The fourth-order valence-electron chi connectivity index (χ4n) is 2.97. The fourth-order valence-corrected chi connectivity index (χ4v) is 3.38. The Hall–Kier alpha value is -2.27. The number of rotatable bonds is 1. The first-order chi connectivity index (χ1) is 10.7. The van der Waals surface area contributed by atoms with Crippen LogP contribution in [0, 0.1) is 0 Å². The Balaban J connectivity index is 2.03. The summed E-state index contributed by atoms with van der Waals surface area (Å²) in [4.78, 5) is 13.1. The zero-order valence-electron chi connectivity index (χ0n) is 11.8. The topological polar surface area (TPSA) is 64.7 Å². The van der Waals surface area contributed by atoms with Crippen LogP contribution in [0.5, 0.6) is 0 Å². The van der Waals surface area contributed by atoms with E-state index in [-0.39, 0.29) is 0 Å². The van der Waals surface area contributed by atoms with Crippen LogP contribution in [0.3, 0.4) is 0 Å². The van der Waals surface area contributed by atoms with Crippen LogP contribution in [0.1, 0.15) is 11.3 Å². The molecule has 2 heterocycles. The van der Waals surface area contributed by atoms with Gasteiger partial charge in [0.05, 0.1) is 11.4 Å². The van der Waals surface area contributed by atoms with Crippen molar-refractivity contribution in [3.8, 4) is 22.4 Å². The summed E-state index contributed by atoms with van der Waals surface area (Å²) in [5.41, 5.74) is 12.3. The number of aryl methyl sites for hydroxylation is 2. The van der Waals surface area contributed by atoms with Gasteiger partial charge in [0.25, 0.3) is 0 Å². The average Bonchev–Trinajstić information content (AvgIpc) is 2.54. The Morgan fingerprint density at radius 3 is 2.82 bits per heavy atom. The van der Waals surface area contributed by atoms with Gasteiger partial charge in [0, 0.05) is 28.0 Å². The summed E-state index contributed by atoms with van der Waals surface area (Å²) in [6.07, 6.45) is 5.41. The molecule has 2 N–H and O–H groups in total. The van der Waals surface area contributed by atoms with Gasteiger partial charge >= 0.3 is 0 Å². The normalized spacial score (nSPS) is 12.6. The van der Waals surface area contributed by atoms with Crippen molar-refractivity contribution in [2.75, 3.05) is 5.73 Å². The van der Waals surface area contributed by atoms with Crippen molar-refractivity contribution >= 4 is 21.9 Å². The van der Waals surface area contributed by atoms with Crippen molar-refractivity contribution in [1.82, 2.24) is 15.0 Å². The SMILES string of the molecule is Nc1nc2c(c(-c3cccnc3)n1)-c1ccc(Br)cc1CC2. The first-order valence-corrected chi connectivity index (χ1v) is 7.87. The monoisotopic (exact) mass is 352 g/mol. The minimum Gasteiger partial charge on any atom is -0.368 e. The molecule has 22 heavy (non-hydrogen) atoms. The molecule has 0 fully saturated rings. The molecule has 0 saturated heterocycles. The zero-order chi connectivity index (χ0) is 15.1. The first-order valence-electron chi connectivity index (χ1n) is 7.08. The second-order valence-electron chi connectivity index (χ2n) is 5.30. The lowest BCUT2D eigenvalue weighted by molar-refractivity contribution is 0.888. The van der Waals surface area contributed by atoms with Crippen LogP contribution in [0.4, 0.5) is 5.95 Å². The number of hydrogen-bond acceptors (Lipinski definition) is 4. The summed E-state index contributed by atoms with van der Waals surface area (Å²) in [6.45, 7) is 0. The third-order valence-corrected chi connectivity index (χ3v) is 4.40. The van der Waals surface area contributed by atoms with Gasteiger partial charge in [-0.3, -0.25) is 4.98 Å². The molecule has 0 saturated carbocycles. The van der Waals surface area contributed by atoms with E-state index in [1.165, 1.54) is 11.1 Å². The van der Waals surface area contributed by atoms with Crippen molar-refractivity contribution in [2.45, 2.75) is 12.8 Å². The number of nitrogens with two attached hydrogens (primary N) is 1. The highest BCUT2D eigenvalue weighted by Crippen LogP contribution is 2.39. The van der Waals surface area contributed by atoms with Gasteiger partial charge in [-0.05, 0) is 48.2 Å². The number of anilines is 1. The minimum atomic E-state index is 0.318. The van der Waals surface area contributed by atoms with E-state index in [9.17, 15) is 0 Å². The van der Waals surface area contributed by atoms with E-state index in [0.717, 1.165) is 39.8 Å². The molecule has 0 spiro atoms. The minimum absolute atomic E-state index is 0.318. The van der Waals surface area contributed by atoms with Gasteiger partial charge in [-0.15, -0.1) is 0 Å². The summed E-state index contributed by atoms with van der Waals surface area (Å²) in [5, 5.41) is 0. The molecule has 0 bridgehead atoms. The van der Waals surface area contributed by atoms with E-state index in [0.29, 0.717) is 5.95 Å². The summed E-state index contributed by atoms with van der Waals surface area (Å²) in [5.74, 6) is 0.318. The summed E-state index contributed by atoms with van der Waals surface area (Å²) in [6, 6.07) is 10.3. The van der Waals surface area contributed by atoms with Crippen molar-refractivity contribution in [1.29, 1.82) is 0 Å². The number of nitrogen functional groups attached to an aromatic ring is 1. The van der Waals surface area contributed by atoms with Crippen molar-refractivity contribution in [3.05, 3.63) is 58.5 Å². The van der Waals surface area contributed by atoms with E-state index in [1.807, 2.05) is 18.3 Å². The van der Waals surface area contributed by atoms with Crippen LogP contribution in [-0.4, -0.2) is 15.0 Å². The van der Waals surface area contributed by atoms with Crippen LogP contribution in [0.15, 0.2) is 47.2 Å². The lowest BCUT2D eigenvalue weighted by atomic mass is 9.86. The summed E-state index contributed by atoms with van der Waals surface area (Å²) in [7, 11) is 0. The molecule has 2 aromatic heterocycles. The standard InChI is InChI=1S/C17H13BrN4/c18-12-4-5-13-10(8-12)3-6-14-15(13)16(22-17(19)21-14)11-2-1-7-20-9-11/h1-2,4-5,7-9H,3,6H2,(H2,19,21,22).